The Balaban J connectivity index is -0.000000686. The minimum absolute atomic E-state index is 0. The fourth-order valence-corrected chi connectivity index (χ4v) is 2.64. The second-order valence-corrected chi connectivity index (χ2v) is 5.24. The normalized spacial score (nSPS) is 11.9. The number of benzene rings is 1. The van der Waals surface area contributed by atoms with Crippen LogP contribution in [0.5, 0.6) is 0 Å². The van der Waals surface area contributed by atoms with E-state index >= 15 is 0 Å². The van der Waals surface area contributed by atoms with Crippen molar-refractivity contribution in [3.05, 3.63) is 49.3 Å². The average Bonchev–Trinajstić information content (AvgIpc) is 3.21. The topological polar surface area (TPSA) is 81.4 Å². The van der Waals surface area contributed by atoms with E-state index in [0.717, 1.165) is 24.3 Å². The average molecular weight is 440 g/mol. The standard InChI is InChI=1S/C14H19Cl2NO2.3CO.Cr/c1-11-10-12(17(6-4-15)7-5-16)2-3-13(11)14-18-8-9-19-14;3*1-2;/h2-3,10,14H,4-9H2,1H3;;;;. The molecule has 0 aromatic heterocycles. The van der Waals surface area contributed by atoms with Crippen LogP contribution >= 0.6 is 23.2 Å². The summed E-state index contributed by atoms with van der Waals surface area (Å²) in [5.41, 5.74) is 3.40. The molecule has 1 aromatic carbocycles. The summed E-state index contributed by atoms with van der Waals surface area (Å²) >= 11 is 11.7. The van der Waals surface area contributed by atoms with Crippen molar-refractivity contribution >= 4 is 28.9 Å². The molecule has 2 rings (SSSR count). The van der Waals surface area contributed by atoms with Crippen molar-refractivity contribution in [2.75, 3.05) is 43.0 Å². The molecule has 0 N–H and O–H groups in total. The molecule has 142 valence electrons. The first-order valence-corrected chi connectivity index (χ1v) is 8.15. The van der Waals surface area contributed by atoms with Crippen LogP contribution in [0.15, 0.2) is 18.2 Å². The van der Waals surface area contributed by atoms with Crippen LogP contribution in [-0.4, -0.2) is 38.1 Å². The van der Waals surface area contributed by atoms with Gasteiger partial charge in [-0.2, -0.15) is 0 Å². The first kappa shape index (κ1) is 30.0. The largest absolute Gasteiger partial charge is 0 e. The minimum atomic E-state index is -0.219. The number of ether oxygens (including phenoxy) is 2. The van der Waals surface area contributed by atoms with Gasteiger partial charge in [-0.1, -0.05) is 6.07 Å². The van der Waals surface area contributed by atoms with Gasteiger partial charge in [0.2, 0.25) is 0 Å². The molecule has 0 atom stereocenters. The Kier molecular flexibility index (Phi) is 23.8. The van der Waals surface area contributed by atoms with E-state index < -0.39 is 0 Å². The molecule has 6 nitrogen and oxygen atoms in total. The Morgan fingerprint density at radius 3 is 1.85 bits per heavy atom. The fourth-order valence-electron chi connectivity index (χ4n) is 2.23. The number of hydrogen-bond donors (Lipinski definition) is 0. The molecule has 0 radical (unpaired) electrons. The molecule has 0 spiro atoms. The van der Waals surface area contributed by atoms with Crippen molar-refractivity contribution in [2.45, 2.75) is 13.2 Å². The third-order valence-corrected chi connectivity index (χ3v) is 3.54. The van der Waals surface area contributed by atoms with Crippen molar-refractivity contribution in [3.8, 4) is 0 Å². The molecule has 1 saturated heterocycles. The fraction of sp³-hybridized carbons (Fsp3) is 0.471. The Bertz CT molecular complexity index is 513. The van der Waals surface area contributed by atoms with Crippen LogP contribution in [0.4, 0.5) is 5.69 Å². The van der Waals surface area contributed by atoms with Gasteiger partial charge in [0.05, 0.1) is 13.2 Å². The molecule has 26 heavy (non-hydrogen) atoms. The molecular formula is C17H19Cl2CrNO5. The number of nitrogens with zero attached hydrogens (tertiary/aromatic N) is 1. The van der Waals surface area contributed by atoms with Gasteiger partial charge < -0.3 is 14.4 Å². The molecule has 1 aliphatic heterocycles. The molecule has 1 fully saturated rings. The predicted molar refractivity (Wildman–Crippen MR) is 91.3 cm³/mol. The van der Waals surface area contributed by atoms with Crippen LogP contribution in [0, 0.1) is 26.9 Å². The zero-order valence-corrected chi connectivity index (χ0v) is 17.0. The first-order valence-electron chi connectivity index (χ1n) is 7.08. The monoisotopic (exact) mass is 439 g/mol. The molecule has 0 saturated carbocycles. The number of anilines is 1. The Hall–Kier alpha value is -0.728. The van der Waals surface area contributed by atoms with E-state index in [1.165, 1.54) is 5.56 Å². The molecule has 0 bridgehead atoms. The van der Waals surface area contributed by atoms with Gasteiger partial charge in [0, 0.05) is 53.5 Å². The number of hydrogen-bond acceptors (Lipinski definition) is 3. The van der Waals surface area contributed by atoms with Crippen LogP contribution in [0.3, 0.4) is 0 Å². The minimum Gasteiger partial charge on any atom is 0 e. The number of halogens is 2. The number of alkyl halides is 2. The summed E-state index contributed by atoms with van der Waals surface area (Å²) in [7, 11) is 0. The third-order valence-electron chi connectivity index (χ3n) is 3.20. The van der Waals surface area contributed by atoms with E-state index in [-0.39, 0.29) is 23.7 Å². The van der Waals surface area contributed by atoms with Crippen molar-refractivity contribution in [2.24, 2.45) is 0 Å². The first-order chi connectivity index (χ1) is 12.3. The predicted octanol–water partition coefficient (Wildman–Crippen LogP) is 3.21. The summed E-state index contributed by atoms with van der Waals surface area (Å²) in [6, 6.07) is 6.28. The summed E-state index contributed by atoms with van der Waals surface area (Å²) in [6.45, 7) is 18.5. The van der Waals surface area contributed by atoms with Crippen molar-refractivity contribution in [1.82, 2.24) is 0 Å². The van der Waals surface area contributed by atoms with E-state index in [1.54, 1.807) is 0 Å². The van der Waals surface area contributed by atoms with Crippen LogP contribution in [0.25, 0.3) is 0 Å². The quantitative estimate of drug-likeness (QED) is 0.387. The summed E-state index contributed by atoms with van der Waals surface area (Å²) in [5, 5.41) is 0. The van der Waals surface area contributed by atoms with Gasteiger partial charge in [0.15, 0.2) is 6.29 Å². The van der Waals surface area contributed by atoms with Gasteiger partial charge in [-0.25, -0.2) is 0 Å². The maximum Gasteiger partial charge on any atom is 0 e. The second kappa shape index (κ2) is 20.6. The molecule has 9 heteroatoms. The summed E-state index contributed by atoms with van der Waals surface area (Å²) in [6.07, 6.45) is -0.219. The molecule has 1 heterocycles. The summed E-state index contributed by atoms with van der Waals surface area (Å²) in [4.78, 5) is 2.19. The van der Waals surface area contributed by atoms with Crippen molar-refractivity contribution < 1.29 is 40.8 Å². The molecule has 0 amide bonds. The Morgan fingerprint density at radius 1 is 1.00 bits per heavy atom. The van der Waals surface area contributed by atoms with Crippen LogP contribution in [0.2, 0.25) is 0 Å². The van der Waals surface area contributed by atoms with E-state index in [9.17, 15) is 0 Å². The SMILES string of the molecule is Cc1cc(N(CCCl)CCCl)ccc1C1OCCO1.[C-]#[O+].[C-]#[O+].[C-]#[O+].[Cr]. The molecule has 1 aliphatic rings. The van der Waals surface area contributed by atoms with Crippen LogP contribution in [-0.2, 0) is 40.8 Å². The maximum atomic E-state index is 7.50. The molecule has 0 unspecified atom stereocenters. The zero-order valence-electron chi connectivity index (χ0n) is 14.2. The van der Waals surface area contributed by atoms with Crippen molar-refractivity contribution in [3.63, 3.8) is 0 Å². The van der Waals surface area contributed by atoms with Crippen molar-refractivity contribution in [1.29, 1.82) is 0 Å². The van der Waals surface area contributed by atoms with Crippen LogP contribution in [0.1, 0.15) is 17.4 Å². The maximum absolute atomic E-state index is 7.50. The Morgan fingerprint density at radius 2 is 1.46 bits per heavy atom. The smallest absolute Gasteiger partial charge is 0 e. The van der Waals surface area contributed by atoms with Gasteiger partial charge in [0.1, 0.15) is 0 Å². The zero-order chi connectivity index (χ0) is 19.7. The van der Waals surface area contributed by atoms with Crippen LogP contribution < -0.4 is 4.90 Å². The van der Waals surface area contributed by atoms with Gasteiger partial charge in [0.25, 0.3) is 0 Å². The van der Waals surface area contributed by atoms with Gasteiger partial charge in [-0.15, -0.1) is 23.2 Å². The molecule has 0 aliphatic carbocycles. The van der Waals surface area contributed by atoms with E-state index in [2.05, 4.69) is 50.0 Å². The summed E-state index contributed by atoms with van der Waals surface area (Å²) in [5.74, 6) is 1.18. The summed E-state index contributed by atoms with van der Waals surface area (Å²) < 4.78 is 33.6. The molecular weight excluding hydrogens is 421 g/mol. The van der Waals surface area contributed by atoms with Gasteiger partial charge >= 0.3 is 33.9 Å². The number of rotatable bonds is 6. The number of aryl methyl sites for hydroxylation is 1. The van der Waals surface area contributed by atoms with E-state index in [4.69, 9.17) is 46.6 Å². The van der Waals surface area contributed by atoms with E-state index in [0.29, 0.717) is 25.0 Å². The van der Waals surface area contributed by atoms with E-state index in [1.807, 2.05) is 0 Å². The Labute approximate surface area is 175 Å². The third kappa shape index (κ3) is 10.4. The second-order valence-electron chi connectivity index (χ2n) is 4.48. The van der Waals surface area contributed by atoms with Gasteiger partial charge in [-0.3, -0.25) is 0 Å². The van der Waals surface area contributed by atoms with Gasteiger partial charge in [-0.05, 0) is 24.6 Å². The molecule has 1 aromatic rings.